The zero-order chi connectivity index (χ0) is 11.0. The highest BCUT2D eigenvalue weighted by Crippen LogP contribution is 1.85. The van der Waals surface area contributed by atoms with E-state index in [9.17, 15) is 9.59 Å². The minimum Gasteiger partial charge on any atom is -0.463 e. The highest BCUT2D eigenvalue weighted by atomic mass is 16.5. The molecule has 0 aliphatic rings. The molecular weight excluding hydrogens is 184 g/mol. The van der Waals surface area contributed by atoms with Crippen LogP contribution >= 0.6 is 0 Å². The summed E-state index contributed by atoms with van der Waals surface area (Å²) in [6, 6.07) is 0. The van der Waals surface area contributed by atoms with E-state index in [4.69, 9.17) is 5.73 Å². The first kappa shape index (κ1) is 12.6. The number of amides is 1. The summed E-state index contributed by atoms with van der Waals surface area (Å²) in [5.74, 6) is -0.767. The molecule has 0 heterocycles. The molecule has 0 spiro atoms. The topological polar surface area (TPSA) is 72.6 Å². The number of esters is 1. The highest BCUT2D eigenvalue weighted by molar-refractivity contribution is 5.81. The fourth-order valence-electron chi connectivity index (χ4n) is 0.850. The number of nitrogens with zero attached hydrogens (tertiary/aromatic N) is 1. The predicted molar refractivity (Wildman–Crippen MR) is 52.5 cm³/mol. The van der Waals surface area contributed by atoms with E-state index in [-0.39, 0.29) is 12.5 Å². The van der Waals surface area contributed by atoms with Crippen molar-refractivity contribution in [1.82, 2.24) is 4.90 Å². The Bertz CT molecular complexity index is 226. The zero-order valence-corrected chi connectivity index (χ0v) is 8.53. The SMILES string of the molecule is CCOC(=O)/C=C/CN(C)CC(N)=O. The van der Waals surface area contributed by atoms with E-state index in [1.807, 2.05) is 0 Å². The second kappa shape index (κ2) is 7.08. The summed E-state index contributed by atoms with van der Waals surface area (Å²) in [5, 5.41) is 0. The first-order valence-electron chi connectivity index (χ1n) is 4.36. The fraction of sp³-hybridized carbons (Fsp3) is 0.556. The number of hydrogen-bond donors (Lipinski definition) is 1. The largest absolute Gasteiger partial charge is 0.463 e. The molecule has 0 bridgehead atoms. The number of carbonyl (C=O) groups is 2. The molecule has 5 heteroatoms. The third-order valence-electron chi connectivity index (χ3n) is 1.38. The summed E-state index contributed by atoms with van der Waals surface area (Å²) in [6.07, 6.45) is 2.96. The molecule has 0 aliphatic carbocycles. The Kier molecular flexibility index (Phi) is 6.39. The van der Waals surface area contributed by atoms with E-state index in [1.54, 1.807) is 24.9 Å². The second-order valence-electron chi connectivity index (χ2n) is 2.82. The van der Waals surface area contributed by atoms with Gasteiger partial charge in [0.2, 0.25) is 5.91 Å². The molecule has 1 amide bonds. The van der Waals surface area contributed by atoms with Crippen molar-refractivity contribution in [2.24, 2.45) is 5.73 Å². The summed E-state index contributed by atoms with van der Waals surface area (Å²) in [7, 11) is 1.74. The van der Waals surface area contributed by atoms with Crippen molar-refractivity contribution in [3.05, 3.63) is 12.2 Å². The molecule has 0 aromatic rings. The van der Waals surface area contributed by atoms with Gasteiger partial charge in [0.25, 0.3) is 0 Å². The van der Waals surface area contributed by atoms with Gasteiger partial charge in [0, 0.05) is 12.6 Å². The van der Waals surface area contributed by atoms with Gasteiger partial charge in [-0.15, -0.1) is 0 Å². The average Bonchev–Trinajstić information content (AvgIpc) is 2.02. The van der Waals surface area contributed by atoms with Crippen LogP contribution in [0.4, 0.5) is 0 Å². The van der Waals surface area contributed by atoms with Crippen LogP contribution < -0.4 is 5.73 Å². The minimum atomic E-state index is -0.392. The van der Waals surface area contributed by atoms with Crippen molar-refractivity contribution >= 4 is 11.9 Å². The zero-order valence-electron chi connectivity index (χ0n) is 8.53. The summed E-state index contributed by atoms with van der Waals surface area (Å²) in [6.45, 7) is 2.76. The molecule has 0 rings (SSSR count). The lowest BCUT2D eigenvalue weighted by Gasteiger charge is -2.10. The molecule has 0 radical (unpaired) electrons. The summed E-state index contributed by atoms with van der Waals surface area (Å²) in [4.78, 5) is 23.0. The Morgan fingerprint density at radius 3 is 2.64 bits per heavy atom. The number of primary amides is 1. The quantitative estimate of drug-likeness (QED) is 0.464. The van der Waals surface area contributed by atoms with E-state index >= 15 is 0 Å². The van der Waals surface area contributed by atoms with Crippen molar-refractivity contribution in [2.75, 3.05) is 26.7 Å². The lowest BCUT2D eigenvalue weighted by atomic mass is 10.4. The number of nitrogens with two attached hydrogens (primary N) is 1. The van der Waals surface area contributed by atoms with Crippen molar-refractivity contribution in [3.63, 3.8) is 0 Å². The summed E-state index contributed by atoms with van der Waals surface area (Å²) in [5.41, 5.74) is 4.98. The number of carbonyl (C=O) groups excluding carboxylic acids is 2. The van der Waals surface area contributed by atoms with Gasteiger partial charge < -0.3 is 10.5 Å². The lowest BCUT2D eigenvalue weighted by molar-refractivity contribution is -0.137. The lowest BCUT2D eigenvalue weighted by Crippen LogP contribution is -2.30. The normalized spacial score (nSPS) is 10.8. The van der Waals surface area contributed by atoms with Crippen LogP contribution in [-0.4, -0.2) is 43.5 Å². The average molecular weight is 200 g/mol. The molecule has 5 nitrogen and oxygen atoms in total. The van der Waals surface area contributed by atoms with E-state index in [0.717, 1.165) is 0 Å². The summed E-state index contributed by atoms with van der Waals surface area (Å²) >= 11 is 0. The number of likely N-dealkylation sites (N-methyl/N-ethyl adjacent to an activating group) is 1. The van der Waals surface area contributed by atoms with E-state index < -0.39 is 5.91 Å². The first-order chi connectivity index (χ1) is 6.56. The van der Waals surface area contributed by atoms with Gasteiger partial charge in [0.15, 0.2) is 0 Å². The molecule has 0 aliphatic heterocycles. The molecule has 0 atom stereocenters. The predicted octanol–water partition coefficient (Wildman–Crippen LogP) is -0.477. The molecule has 0 aromatic heterocycles. The maximum atomic E-state index is 10.8. The van der Waals surface area contributed by atoms with E-state index in [0.29, 0.717) is 13.2 Å². The summed E-state index contributed by atoms with van der Waals surface area (Å²) < 4.78 is 4.67. The van der Waals surface area contributed by atoms with Crippen LogP contribution in [0.1, 0.15) is 6.92 Å². The highest BCUT2D eigenvalue weighted by Gasteiger charge is 1.99. The number of rotatable bonds is 6. The van der Waals surface area contributed by atoms with Crippen molar-refractivity contribution < 1.29 is 14.3 Å². The van der Waals surface area contributed by atoms with Gasteiger partial charge in [0.1, 0.15) is 0 Å². The second-order valence-corrected chi connectivity index (χ2v) is 2.82. The van der Waals surface area contributed by atoms with Gasteiger partial charge in [-0.3, -0.25) is 9.69 Å². The maximum Gasteiger partial charge on any atom is 0.330 e. The van der Waals surface area contributed by atoms with E-state index in [2.05, 4.69) is 4.74 Å². The van der Waals surface area contributed by atoms with Crippen LogP contribution in [-0.2, 0) is 14.3 Å². The van der Waals surface area contributed by atoms with Gasteiger partial charge in [-0.25, -0.2) is 4.79 Å². The van der Waals surface area contributed by atoms with Gasteiger partial charge in [-0.2, -0.15) is 0 Å². The van der Waals surface area contributed by atoms with Crippen LogP contribution in [0.2, 0.25) is 0 Å². The minimum absolute atomic E-state index is 0.174. The Morgan fingerprint density at radius 2 is 2.14 bits per heavy atom. The molecule has 80 valence electrons. The van der Waals surface area contributed by atoms with Gasteiger partial charge >= 0.3 is 5.97 Å². The molecule has 0 saturated carbocycles. The molecule has 14 heavy (non-hydrogen) atoms. The smallest absolute Gasteiger partial charge is 0.330 e. The van der Waals surface area contributed by atoms with Crippen LogP contribution in [0.25, 0.3) is 0 Å². The van der Waals surface area contributed by atoms with Gasteiger partial charge in [0.05, 0.1) is 13.2 Å². The van der Waals surface area contributed by atoms with Crippen LogP contribution in [0.3, 0.4) is 0 Å². The maximum absolute atomic E-state index is 10.8. The molecule has 0 saturated heterocycles. The Labute approximate surface area is 83.5 Å². The Balaban J connectivity index is 3.70. The molecule has 2 N–H and O–H groups in total. The van der Waals surface area contributed by atoms with Gasteiger partial charge in [-0.05, 0) is 14.0 Å². The van der Waals surface area contributed by atoms with Crippen molar-refractivity contribution in [1.29, 1.82) is 0 Å². The number of hydrogen-bond acceptors (Lipinski definition) is 4. The molecule has 0 unspecified atom stereocenters. The van der Waals surface area contributed by atoms with Crippen LogP contribution in [0.5, 0.6) is 0 Å². The van der Waals surface area contributed by atoms with E-state index in [1.165, 1.54) is 6.08 Å². The van der Waals surface area contributed by atoms with Crippen molar-refractivity contribution in [2.45, 2.75) is 6.92 Å². The number of ether oxygens (including phenoxy) is 1. The third-order valence-corrected chi connectivity index (χ3v) is 1.38. The van der Waals surface area contributed by atoms with Crippen LogP contribution in [0.15, 0.2) is 12.2 Å². The first-order valence-corrected chi connectivity index (χ1v) is 4.36. The van der Waals surface area contributed by atoms with Gasteiger partial charge in [-0.1, -0.05) is 6.08 Å². The standard InChI is InChI=1S/C9H16N2O3/c1-3-14-9(13)5-4-6-11(2)7-8(10)12/h4-5H,3,6-7H2,1-2H3,(H2,10,12)/b5-4+. The Morgan fingerprint density at radius 1 is 1.50 bits per heavy atom. The third kappa shape index (κ3) is 7.30. The van der Waals surface area contributed by atoms with Crippen LogP contribution in [0, 0.1) is 0 Å². The molecule has 0 fully saturated rings. The monoisotopic (exact) mass is 200 g/mol. The molecule has 0 aromatic carbocycles. The Hall–Kier alpha value is -1.36. The molecular formula is C9H16N2O3. The van der Waals surface area contributed by atoms with Crippen molar-refractivity contribution in [3.8, 4) is 0 Å². The fourth-order valence-corrected chi connectivity index (χ4v) is 0.850.